The van der Waals surface area contributed by atoms with E-state index >= 15 is 0 Å². The largest absolute Gasteiger partial charge is 0.363 e. The molecular weight excluding hydrogens is 170 g/mol. The van der Waals surface area contributed by atoms with Crippen molar-refractivity contribution in [3.8, 4) is 0 Å². The predicted molar refractivity (Wildman–Crippen MR) is 59.8 cm³/mol. The van der Waals surface area contributed by atoms with Crippen LogP contribution in [0.15, 0.2) is 30.5 Å². The van der Waals surface area contributed by atoms with Crippen LogP contribution in [0.4, 0.5) is 0 Å². The van der Waals surface area contributed by atoms with Gasteiger partial charge < -0.3 is 4.90 Å². The van der Waals surface area contributed by atoms with Crippen molar-refractivity contribution in [1.82, 2.24) is 4.90 Å². The summed E-state index contributed by atoms with van der Waals surface area (Å²) in [6, 6.07) is 6.66. The highest BCUT2D eigenvalue weighted by atomic mass is 15.1. The van der Waals surface area contributed by atoms with Gasteiger partial charge >= 0.3 is 0 Å². The van der Waals surface area contributed by atoms with Crippen LogP contribution < -0.4 is 0 Å². The molecule has 0 fully saturated rings. The van der Waals surface area contributed by atoms with Gasteiger partial charge in [0.05, 0.1) is 5.70 Å². The summed E-state index contributed by atoms with van der Waals surface area (Å²) >= 11 is 0. The van der Waals surface area contributed by atoms with Crippen LogP contribution >= 0.6 is 0 Å². The smallest absolute Gasteiger partial charge is 0.0871 e. The molecule has 2 rings (SSSR count). The summed E-state index contributed by atoms with van der Waals surface area (Å²) in [4.78, 5) is 2.19. The topological polar surface area (TPSA) is 3.24 Å². The predicted octanol–water partition coefficient (Wildman–Crippen LogP) is 2.82. The first kappa shape index (κ1) is 9.11. The molecule has 1 aliphatic heterocycles. The van der Waals surface area contributed by atoms with Crippen LogP contribution in [0.2, 0.25) is 0 Å². The van der Waals surface area contributed by atoms with Gasteiger partial charge in [-0.05, 0) is 17.5 Å². The minimum absolute atomic E-state index is 0.987. The van der Waals surface area contributed by atoms with E-state index in [9.17, 15) is 0 Å². The quantitative estimate of drug-likeness (QED) is 0.608. The summed E-state index contributed by atoms with van der Waals surface area (Å²) in [5, 5.41) is 0. The molecule has 1 heterocycles. The average Bonchev–Trinajstić information content (AvgIpc) is 2.51. The molecule has 0 bridgehead atoms. The summed E-state index contributed by atoms with van der Waals surface area (Å²) in [5.41, 5.74) is 8.22. The number of fused-ring (bicyclic) bond motifs is 1. The Morgan fingerprint density at radius 3 is 2.93 bits per heavy atom. The molecule has 1 nitrogen and oxygen atoms in total. The van der Waals surface area contributed by atoms with Gasteiger partial charge in [-0.3, -0.25) is 0 Å². The Hall–Kier alpha value is -1.46. The molecule has 1 aromatic rings. The van der Waals surface area contributed by atoms with Crippen LogP contribution in [-0.4, -0.2) is 11.9 Å². The van der Waals surface area contributed by atoms with Gasteiger partial charge in [-0.25, -0.2) is 0 Å². The van der Waals surface area contributed by atoms with E-state index < -0.39 is 0 Å². The third-order valence-electron chi connectivity index (χ3n) is 2.79. The van der Waals surface area contributed by atoms with Crippen LogP contribution in [0.25, 0.3) is 5.70 Å². The zero-order chi connectivity index (χ0) is 10.1. The Kier molecular flexibility index (Phi) is 2.18. The number of hydrogen-bond donors (Lipinski definition) is 0. The van der Waals surface area contributed by atoms with Gasteiger partial charge in [0.25, 0.3) is 0 Å². The van der Waals surface area contributed by atoms with Crippen LogP contribution in [0.5, 0.6) is 0 Å². The lowest BCUT2D eigenvalue weighted by Gasteiger charge is -2.09. The minimum Gasteiger partial charge on any atom is -0.363 e. The highest BCUT2D eigenvalue weighted by Gasteiger charge is 2.19. The average molecular weight is 185 g/mol. The Bertz CT molecular complexity index is 411. The summed E-state index contributed by atoms with van der Waals surface area (Å²) in [6.07, 6.45) is 1.10. The molecule has 72 valence electrons. The molecule has 1 aromatic carbocycles. The molecule has 1 aliphatic rings. The van der Waals surface area contributed by atoms with Gasteiger partial charge in [0.2, 0.25) is 0 Å². The number of hydrogen-bond acceptors (Lipinski definition) is 1. The van der Waals surface area contributed by atoms with Gasteiger partial charge in [0, 0.05) is 19.2 Å². The van der Waals surface area contributed by atoms with Crippen molar-refractivity contribution in [2.24, 2.45) is 0 Å². The van der Waals surface area contributed by atoms with Crippen molar-refractivity contribution in [2.45, 2.75) is 19.9 Å². The van der Waals surface area contributed by atoms with Crippen molar-refractivity contribution in [2.75, 3.05) is 7.05 Å². The molecule has 0 spiro atoms. The van der Waals surface area contributed by atoms with Gasteiger partial charge in [0.1, 0.15) is 0 Å². The molecule has 0 amide bonds. The Labute approximate surface area is 85.4 Å². The summed E-state index contributed by atoms with van der Waals surface area (Å²) in [6.45, 7) is 6.90. The molecule has 0 aliphatic carbocycles. The second kappa shape index (κ2) is 3.36. The van der Waals surface area contributed by atoms with Crippen molar-refractivity contribution in [3.63, 3.8) is 0 Å². The summed E-state index contributed by atoms with van der Waals surface area (Å²) < 4.78 is 0. The Balaban J connectivity index is 2.53. The molecule has 0 radical (unpaired) electrons. The van der Waals surface area contributed by atoms with Crippen molar-refractivity contribution < 1.29 is 0 Å². The maximum Gasteiger partial charge on any atom is 0.0871 e. The van der Waals surface area contributed by atoms with E-state index in [4.69, 9.17) is 0 Å². The van der Waals surface area contributed by atoms with Gasteiger partial charge in [0.15, 0.2) is 0 Å². The first-order chi connectivity index (χ1) is 6.76. The van der Waals surface area contributed by atoms with Crippen LogP contribution in [-0.2, 0) is 13.0 Å². The number of nitrogens with zero attached hydrogens (tertiary/aromatic N) is 1. The SMILES string of the molecule is C=C=C1c2ccc(CC)cc2CN1C. The molecule has 0 saturated heterocycles. The molecule has 14 heavy (non-hydrogen) atoms. The molecular formula is C13H15N. The van der Waals surface area contributed by atoms with E-state index in [0.717, 1.165) is 18.7 Å². The number of benzene rings is 1. The second-order valence-electron chi connectivity index (χ2n) is 3.73. The van der Waals surface area contributed by atoms with E-state index in [0.29, 0.717) is 0 Å². The zero-order valence-corrected chi connectivity index (χ0v) is 8.80. The highest BCUT2D eigenvalue weighted by Crippen LogP contribution is 2.30. The molecule has 0 aromatic heterocycles. The Morgan fingerprint density at radius 1 is 1.50 bits per heavy atom. The normalized spacial score (nSPS) is 14.1. The van der Waals surface area contributed by atoms with Crippen molar-refractivity contribution >= 4 is 5.70 Å². The monoisotopic (exact) mass is 185 g/mol. The van der Waals surface area contributed by atoms with E-state index in [1.165, 1.54) is 16.7 Å². The Morgan fingerprint density at radius 2 is 2.29 bits per heavy atom. The maximum atomic E-state index is 3.73. The fraction of sp³-hybridized carbons (Fsp3) is 0.308. The zero-order valence-electron chi connectivity index (χ0n) is 8.80. The lowest BCUT2D eigenvalue weighted by atomic mass is 10.0. The van der Waals surface area contributed by atoms with E-state index in [2.05, 4.69) is 49.4 Å². The molecule has 0 N–H and O–H groups in total. The lowest BCUT2D eigenvalue weighted by molar-refractivity contribution is 0.501. The van der Waals surface area contributed by atoms with Gasteiger partial charge in [-0.1, -0.05) is 31.7 Å². The van der Waals surface area contributed by atoms with E-state index in [-0.39, 0.29) is 0 Å². The van der Waals surface area contributed by atoms with E-state index in [1.54, 1.807) is 0 Å². The summed E-state index contributed by atoms with van der Waals surface area (Å²) in [7, 11) is 2.08. The van der Waals surface area contributed by atoms with Gasteiger partial charge in [-0.2, -0.15) is 0 Å². The van der Waals surface area contributed by atoms with Crippen molar-refractivity contribution in [1.29, 1.82) is 0 Å². The summed E-state index contributed by atoms with van der Waals surface area (Å²) in [5.74, 6) is 0. The maximum absolute atomic E-state index is 3.73. The lowest BCUT2D eigenvalue weighted by Crippen LogP contribution is -2.06. The number of rotatable bonds is 1. The van der Waals surface area contributed by atoms with Crippen LogP contribution in [0.3, 0.4) is 0 Å². The standard InChI is InChI=1S/C13H15N/c1-4-10-6-7-12-11(8-10)9-14(3)13(12)5-2/h6-8H,2,4,9H2,1,3H3. The fourth-order valence-corrected chi connectivity index (χ4v) is 2.00. The second-order valence-corrected chi connectivity index (χ2v) is 3.73. The number of aryl methyl sites for hydroxylation is 1. The molecule has 0 atom stereocenters. The third kappa shape index (κ3) is 1.26. The highest BCUT2D eigenvalue weighted by molar-refractivity contribution is 5.70. The third-order valence-corrected chi connectivity index (χ3v) is 2.79. The minimum atomic E-state index is 0.987. The van der Waals surface area contributed by atoms with Crippen LogP contribution in [0, 0.1) is 0 Å². The molecule has 1 heteroatoms. The first-order valence-electron chi connectivity index (χ1n) is 4.99. The van der Waals surface area contributed by atoms with Crippen LogP contribution in [0.1, 0.15) is 23.6 Å². The van der Waals surface area contributed by atoms with Crippen molar-refractivity contribution in [3.05, 3.63) is 47.2 Å². The molecule has 0 unspecified atom stereocenters. The van der Waals surface area contributed by atoms with E-state index in [1.807, 2.05) is 0 Å². The fourth-order valence-electron chi connectivity index (χ4n) is 2.00. The first-order valence-corrected chi connectivity index (χ1v) is 4.99. The van der Waals surface area contributed by atoms with Gasteiger partial charge in [-0.15, -0.1) is 5.73 Å². The molecule has 0 saturated carbocycles.